The van der Waals surface area contributed by atoms with Crippen LogP contribution in [0.1, 0.15) is 46.3 Å². The number of likely N-dealkylation sites (tertiary alicyclic amines) is 1. The number of rotatable bonds is 4. The van der Waals surface area contributed by atoms with Gasteiger partial charge in [-0.15, -0.1) is 0 Å². The number of aryl methyl sites for hydroxylation is 1. The molecule has 2 aromatic rings. The quantitative estimate of drug-likeness (QED) is 0.874. The number of carbonyl (C=O) groups is 2. The molecule has 27 heavy (non-hydrogen) atoms. The van der Waals surface area contributed by atoms with Gasteiger partial charge in [-0.1, -0.05) is 0 Å². The second kappa shape index (κ2) is 7.09. The van der Waals surface area contributed by atoms with Crippen molar-refractivity contribution in [3.05, 3.63) is 41.1 Å². The average molecular weight is 385 g/mol. The number of amides is 1. The van der Waals surface area contributed by atoms with Crippen LogP contribution in [-0.4, -0.2) is 44.8 Å². The van der Waals surface area contributed by atoms with Crippen LogP contribution in [0, 0.1) is 6.92 Å². The van der Waals surface area contributed by atoms with Gasteiger partial charge in [-0.25, -0.2) is 0 Å². The minimum absolute atomic E-state index is 0.106. The summed E-state index contributed by atoms with van der Waals surface area (Å²) in [7, 11) is 0. The van der Waals surface area contributed by atoms with E-state index in [2.05, 4.69) is 5.10 Å². The zero-order valence-corrected chi connectivity index (χ0v) is 14.5. The first-order valence-corrected chi connectivity index (χ1v) is 8.37. The van der Waals surface area contributed by atoms with E-state index in [1.54, 1.807) is 11.8 Å². The number of furan rings is 1. The fourth-order valence-corrected chi connectivity index (χ4v) is 3.24. The number of carbonyl (C=O) groups excluding carboxylic acids is 1. The first-order valence-electron chi connectivity index (χ1n) is 8.37. The van der Waals surface area contributed by atoms with Crippen molar-refractivity contribution in [2.24, 2.45) is 0 Å². The molecule has 0 aliphatic carbocycles. The highest BCUT2D eigenvalue weighted by Gasteiger charge is 2.35. The molecule has 10 heteroatoms. The summed E-state index contributed by atoms with van der Waals surface area (Å²) in [6, 6.07) is 0.707. The van der Waals surface area contributed by atoms with Crippen molar-refractivity contribution in [1.82, 2.24) is 14.7 Å². The SMILES string of the molecule is Cc1coc(CC(=O)O)c1C(=O)N1CCC(n2ccc(C(F)(F)F)n2)CC1. The van der Waals surface area contributed by atoms with E-state index in [0.29, 0.717) is 31.5 Å². The maximum absolute atomic E-state index is 12.8. The summed E-state index contributed by atoms with van der Waals surface area (Å²) >= 11 is 0. The zero-order chi connectivity index (χ0) is 19.8. The summed E-state index contributed by atoms with van der Waals surface area (Å²) in [5, 5.41) is 12.5. The Hall–Kier alpha value is -2.78. The number of hydrogen-bond donors (Lipinski definition) is 1. The molecule has 3 heterocycles. The van der Waals surface area contributed by atoms with Crippen LogP contribution >= 0.6 is 0 Å². The molecule has 146 valence electrons. The fraction of sp³-hybridized carbons (Fsp3) is 0.471. The second-order valence-corrected chi connectivity index (χ2v) is 6.49. The molecule has 0 unspecified atom stereocenters. The van der Waals surface area contributed by atoms with Gasteiger partial charge < -0.3 is 14.4 Å². The number of halogens is 3. The molecule has 0 spiro atoms. The van der Waals surface area contributed by atoms with Gasteiger partial charge in [-0.3, -0.25) is 14.3 Å². The lowest BCUT2D eigenvalue weighted by Crippen LogP contribution is -2.39. The standard InChI is InChI=1S/C17H18F3N3O4/c1-10-9-27-12(8-14(24)25)15(10)16(26)22-5-2-11(3-6-22)23-7-4-13(21-23)17(18,19)20/h4,7,9,11H,2-3,5-6,8H2,1H3,(H,24,25). The van der Waals surface area contributed by atoms with Crippen LogP contribution in [0.4, 0.5) is 13.2 Å². The molecule has 7 nitrogen and oxygen atoms in total. The van der Waals surface area contributed by atoms with Crippen LogP contribution in [-0.2, 0) is 17.4 Å². The molecule has 1 fully saturated rings. The third-order valence-corrected chi connectivity index (χ3v) is 4.60. The lowest BCUT2D eigenvalue weighted by Gasteiger charge is -2.32. The predicted octanol–water partition coefficient (Wildman–Crippen LogP) is 2.91. The highest BCUT2D eigenvalue weighted by Crippen LogP contribution is 2.30. The molecular weight excluding hydrogens is 367 g/mol. The topological polar surface area (TPSA) is 88.6 Å². The molecule has 1 N–H and O–H groups in total. The number of hydrogen-bond acceptors (Lipinski definition) is 4. The van der Waals surface area contributed by atoms with Gasteiger partial charge in [0.25, 0.3) is 5.91 Å². The summed E-state index contributed by atoms with van der Waals surface area (Å²) in [6.07, 6.45) is -1.32. The van der Waals surface area contributed by atoms with Crippen molar-refractivity contribution in [2.45, 2.75) is 38.4 Å². The lowest BCUT2D eigenvalue weighted by atomic mass is 10.0. The number of nitrogens with zero attached hydrogens (tertiary/aromatic N) is 3. The Morgan fingerprint density at radius 2 is 2.00 bits per heavy atom. The number of alkyl halides is 3. The third kappa shape index (κ3) is 3.99. The van der Waals surface area contributed by atoms with Crippen molar-refractivity contribution in [3.8, 4) is 0 Å². The van der Waals surface area contributed by atoms with Crippen molar-refractivity contribution >= 4 is 11.9 Å². The van der Waals surface area contributed by atoms with Gasteiger partial charge in [-0.2, -0.15) is 18.3 Å². The van der Waals surface area contributed by atoms with Gasteiger partial charge >= 0.3 is 12.1 Å². The minimum Gasteiger partial charge on any atom is -0.481 e. The fourth-order valence-electron chi connectivity index (χ4n) is 3.24. The number of piperidine rings is 1. The van der Waals surface area contributed by atoms with Crippen molar-refractivity contribution in [2.75, 3.05) is 13.1 Å². The predicted molar refractivity (Wildman–Crippen MR) is 86.2 cm³/mol. The summed E-state index contributed by atoms with van der Waals surface area (Å²) in [5.41, 5.74) is -0.136. The third-order valence-electron chi connectivity index (χ3n) is 4.60. The molecule has 2 aromatic heterocycles. The van der Waals surface area contributed by atoms with E-state index in [4.69, 9.17) is 9.52 Å². The Labute approximate surface area is 152 Å². The Kier molecular flexibility index (Phi) is 4.99. The molecule has 3 rings (SSSR count). The first-order chi connectivity index (χ1) is 12.7. The Morgan fingerprint density at radius 3 is 2.56 bits per heavy atom. The highest BCUT2D eigenvalue weighted by molar-refractivity contribution is 5.97. The van der Waals surface area contributed by atoms with Gasteiger partial charge in [0, 0.05) is 24.8 Å². The van der Waals surface area contributed by atoms with Crippen LogP contribution < -0.4 is 0 Å². The highest BCUT2D eigenvalue weighted by atomic mass is 19.4. The molecule has 0 saturated carbocycles. The number of aromatic nitrogens is 2. The maximum Gasteiger partial charge on any atom is 0.435 e. The van der Waals surface area contributed by atoms with Crippen molar-refractivity contribution < 1.29 is 32.3 Å². The molecule has 0 bridgehead atoms. The van der Waals surface area contributed by atoms with Crippen LogP contribution in [0.5, 0.6) is 0 Å². The molecule has 1 aliphatic rings. The molecule has 1 amide bonds. The maximum atomic E-state index is 12.8. The van der Waals surface area contributed by atoms with E-state index in [1.165, 1.54) is 17.1 Å². The van der Waals surface area contributed by atoms with Crippen molar-refractivity contribution in [3.63, 3.8) is 0 Å². The number of aliphatic carboxylic acids is 1. The van der Waals surface area contributed by atoms with E-state index < -0.39 is 17.8 Å². The van der Waals surface area contributed by atoms with Crippen molar-refractivity contribution in [1.29, 1.82) is 0 Å². The van der Waals surface area contributed by atoms with Gasteiger partial charge in [0.05, 0.1) is 17.9 Å². The molecule has 0 radical (unpaired) electrons. The number of carboxylic acid groups (broad SMARTS) is 1. The Balaban J connectivity index is 1.67. The Bertz CT molecular complexity index is 848. The first kappa shape index (κ1) is 19.0. The minimum atomic E-state index is -4.48. The van der Waals surface area contributed by atoms with Gasteiger partial charge in [-0.05, 0) is 25.8 Å². The van der Waals surface area contributed by atoms with E-state index >= 15 is 0 Å². The summed E-state index contributed by atoms with van der Waals surface area (Å²) in [4.78, 5) is 25.3. The van der Waals surface area contributed by atoms with E-state index in [1.807, 2.05) is 0 Å². The van der Waals surface area contributed by atoms with Gasteiger partial charge in [0.15, 0.2) is 5.69 Å². The normalized spacial score (nSPS) is 15.9. The lowest BCUT2D eigenvalue weighted by molar-refractivity contribution is -0.141. The summed E-state index contributed by atoms with van der Waals surface area (Å²) in [5.74, 6) is -1.32. The molecular formula is C17H18F3N3O4. The Morgan fingerprint density at radius 1 is 1.33 bits per heavy atom. The molecule has 0 aromatic carbocycles. The molecule has 1 saturated heterocycles. The average Bonchev–Trinajstić information content (AvgIpc) is 3.21. The van der Waals surface area contributed by atoms with Crippen LogP contribution in [0.3, 0.4) is 0 Å². The van der Waals surface area contributed by atoms with E-state index in [-0.39, 0.29) is 29.7 Å². The molecule has 1 aliphatic heterocycles. The van der Waals surface area contributed by atoms with E-state index in [9.17, 15) is 22.8 Å². The molecule has 0 atom stereocenters. The van der Waals surface area contributed by atoms with Gasteiger partial charge in [0.1, 0.15) is 12.2 Å². The largest absolute Gasteiger partial charge is 0.481 e. The zero-order valence-electron chi connectivity index (χ0n) is 14.5. The van der Waals surface area contributed by atoms with Crippen LogP contribution in [0.15, 0.2) is 22.9 Å². The monoisotopic (exact) mass is 385 g/mol. The smallest absolute Gasteiger partial charge is 0.435 e. The van der Waals surface area contributed by atoms with Crippen LogP contribution in [0.25, 0.3) is 0 Å². The summed E-state index contributed by atoms with van der Waals surface area (Å²) < 4.78 is 44.5. The van der Waals surface area contributed by atoms with E-state index in [0.717, 1.165) is 6.07 Å². The van der Waals surface area contributed by atoms with Crippen LogP contribution in [0.2, 0.25) is 0 Å². The summed E-state index contributed by atoms with van der Waals surface area (Å²) in [6.45, 7) is 2.33. The number of carboxylic acids is 1. The van der Waals surface area contributed by atoms with Gasteiger partial charge in [0.2, 0.25) is 0 Å². The second-order valence-electron chi connectivity index (χ2n) is 6.49.